The zero-order valence-electron chi connectivity index (χ0n) is 12.5. The Balaban J connectivity index is 1.62. The highest BCUT2D eigenvalue weighted by Crippen LogP contribution is 2.20. The lowest BCUT2D eigenvalue weighted by molar-refractivity contribution is -0.130. The van der Waals surface area contributed by atoms with E-state index in [9.17, 15) is 4.79 Å². The van der Waals surface area contributed by atoms with E-state index in [1.165, 1.54) is 38.8 Å². The van der Waals surface area contributed by atoms with Gasteiger partial charge in [0.1, 0.15) is 0 Å². The molecular weight excluding hydrogens is 238 g/mol. The molecule has 0 bridgehead atoms. The van der Waals surface area contributed by atoms with E-state index in [1.807, 2.05) is 11.9 Å². The SMILES string of the molecule is CN1CCC(CCN(C)C(=O)CC2CCCN2)CC1. The monoisotopic (exact) mass is 267 g/mol. The lowest BCUT2D eigenvalue weighted by Gasteiger charge is -2.30. The fourth-order valence-electron chi connectivity index (χ4n) is 3.15. The van der Waals surface area contributed by atoms with Crippen LogP contribution in [0.4, 0.5) is 0 Å². The van der Waals surface area contributed by atoms with Gasteiger partial charge in [0.25, 0.3) is 0 Å². The molecule has 0 spiro atoms. The Kier molecular flexibility index (Phi) is 5.64. The Morgan fingerprint density at radius 3 is 2.68 bits per heavy atom. The summed E-state index contributed by atoms with van der Waals surface area (Å²) in [6.45, 7) is 4.44. The van der Waals surface area contributed by atoms with Gasteiger partial charge in [-0.05, 0) is 64.7 Å². The maximum Gasteiger partial charge on any atom is 0.223 e. The number of amides is 1. The quantitative estimate of drug-likeness (QED) is 0.816. The third-order valence-corrected chi connectivity index (χ3v) is 4.72. The Hall–Kier alpha value is -0.610. The van der Waals surface area contributed by atoms with Gasteiger partial charge in [-0.15, -0.1) is 0 Å². The van der Waals surface area contributed by atoms with Crippen LogP contribution in [-0.2, 0) is 4.79 Å². The summed E-state index contributed by atoms with van der Waals surface area (Å²) in [5.74, 6) is 1.13. The molecule has 110 valence electrons. The summed E-state index contributed by atoms with van der Waals surface area (Å²) in [7, 11) is 4.16. The van der Waals surface area contributed by atoms with Gasteiger partial charge in [0, 0.05) is 26.1 Å². The summed E-state index contributed by atoms with van der Waals surface area (Å²) >= 11 is 0. The highest BCUT2D eigenvalue weighted by molar-refractivity contribution is 5.76. The Bertz CT molecular complexity index is 281. The summed E-state index contributed by atoms with van der Waals surface area (Å²) in [6.07, 6.45) is 6.83. The predicted octanol–water partition coefficient (Wildman–Crippen LogP) is 1.32. The molecule has 1 unspecified atom stereocenters. The van der Waals surface area contributed by atoms with Gasteiger partial charge in [-0.2, -0.15) is 0 Å². The van der Waals surface area contributed by atoms with E-state index in [1.54, 1.807) is 0 Å². The first kappa shape index (κ1) is 14.8. The second kappa shape index (κ2) is 7.25. The third-order valence-electron chi connectivity index (χ3n) is 4.72. The van der Waals surface area contributed by atoms with Gasteiger partial charge in [-0.3, -0.25) is 4.79 Å². The molecule has 0 aromatic heterocycles. The lowest BCUT2D eigenvalue weighted by atomic mass is 9.93. The van der Waals surface area contributed by atoms with E-state index in [0.717, 1.165) is 25.4 Å². The topological polar surface area (TPSA) is 35.6 Å². The Morgan fingerprint density at radius 2 is 2.05 bits per heavy atom. The molecule has 2 rings (SSSR count). The van der Waals surface area contributed by atoms with E-state index in [2.05, 4.69) is 17.3 Å². The first-order valence-electron chi connectivity index (χ1n) is 7.81. The van der Waals surface area contributed by atoms with E-state index >= 15 is 0 Å². The van der Waals surface area contributed by atoms with Crippen LogP contribution in [0.2, 0.25) is 0 Å². The molecule has 0 saturated carbocycles. The lowest BCUT2D eigenvalue weighted by Crippen LogP contribution is -2.36. The van der Waals surface area contributed by atoms with Crippen molar-refractivity contribution >= 4 is 5.91 Å². The molecule has 19 heavy (non-hydrogen) atoms. The van der Waals surface area contributed by atoms with E-state index in [0.29, 0.717) is 18.4 Å². The van der Waals surface area contributed by atoms with Crippen LogP contribution in [0.3, 0.4) is 0 Å². The van der Waals surface area contributed by atoms with Crippen LogP contribution in [0.5, 0.6) is 0 Å². The number of carbonyl (C=O) groups is 1. The minimum absolute atomic E-state index is 0.312. The van der Waals surface area contributed by atoms with Gasteiger partial charge < -0.3 is 15.1 Å². The molecule has 1 N–H and O–H groups in total. The van der Waals surface area contributed by atoms with Crippen molar-refractivity contribution in [1.82, 2.24) is 15.1 Å². The molecule has 0 aliphatic carbocycles. The number of hydrogen-bond donors (Lipinski definition) is 1. The summed E-state index contributed by atoms with van der Waals surface area (Å²) < 4.78 is 0. The standard InChI is InChI=1S/C15H29N3O/c1-17-9-5-13(6-10-17)7-11-18(2)15(19)12-14-4-3-8-16-14/h13-14,16H,3-12H2,1-2H3. The van der Waals surface area contributed by atoms with Gasteiger partial charge in [-0.25, -0.2) is 0 Å². The van der Waals surface area contributed by atoms with Gasteiger partial charge in [-0.1, -0.05) is 0 Å². The molecule has 0 aromatic rings. The van der Waals surface area contributed by atoms with Gasteiger partial charge >= 0.3 is 0 Å². The third kappa shape index (κ3) is 4.77. The van der Waals surface area contributed by atoms with Crippen molar-refractivity contribution in [3.05, 3.63) is 0 Å². The first-order valence-corrected chi connectivity index (χ1v) is 7.81. The number of nitrogens with zero attached hydrogens (tertiary/aromatic N) is 2. The highest BCUT2D eigenvalue weighted by atomic mass is 16.2. The average Bonchev–Trinajstić information content (AvgIpc) is 2.90. The first-order chi connectivity index (χ1) is 9.15. The largest absolute Gasteiger partial charge is 0.346 e. The van der Waals surface area contributed by atoms with Crippen molar-refractivity contribution in [3.63, 3.8) is 0 Å². The van der Waals surface area contributed by atoms with Gasteiger partial charge in [0.05, 0.1) is 0 Å². The molecule has 2 heterocycles. The summed E-state index contributed by atoms with van der Waals surface area (Å²) in [5, 5.41) is 3.40. The van der Waals surface area contributed by atoms with Gasteiger partial charge in [0.2, 0.25) is 5.91 Å². The Labute approximate surface area is 117 Å². The fourth-order valence-corrected chi connectivity index (χ4v) is 3.15. The fraction of sp³-hybridized carbons (Fsp3) is 0.933. The van der Waals surface area contributed by atoms with Crippen LogP contribution in [0.1, 0.15) is 38.5 Å². The van der Waals surface area contributed by atoms with E-state index < -0.39 is 0 Å². The second-order valence-electron chi connectivity index (χ2n) is 6.35. The van der Waals surface area contributed by atoms with E-state index in [4.69, 9.17) is 0 Å². The van der Waals surface area contributed by atoms with Crippen molar-refractivity contribution in [2.45, 2.75) is 44.6 Å². The molecule has 0 radical (unpaired) electrons. The van der Waals surface area contributed by atoms with Crippen LogP contribution < -0.4 is 5.32 Å². The van der Waals surface area contributed by atoms with Crippen molar-refractivity contribution in [1.29, 1.82) is 0 Å². The summed E-state index contributed by atoms with van der Waals surface area (Å²) in [4.78, 5) is 16.4. The zero-order chi connectivity index (χ0) is 13.7. The smallest absolute Gasteiger partial charge is 0.223 e. The second-order valence-corrected chi connectivity index (χ2v) is 6.35. The van der Waals surface area contributed by atoms with Gasteiger partial charge in [0.15, 0.2) is 0 Å². The molecule has 2 saturated heterocycles. The molecule has 4 heteroatoms. The zero-order valence-corrected chi connectivity index (χ0v) is 12.5. The number of carbonyl (C=O) groups excluding carboxylic acids is 1. The number of rotatable bonds is 5. The highest BCUT2D eigenvalue weighted by Gasteiger charge is 2.21. The molecule has 2 aliphatic heterocycles. The maximum atomic E-state index is 12.1. The van der Waals surface area contributed by atoms with Crippen molar-refractivity contribution in [3.8, 4) is 0 Å². The molecule has 1 atom stereocenters. The van der Waals surface area contributed by atoms with Crippen molar-refractivity contribution in [2.75, 3.05) is 40.3 Å². The van der Waals surface area contributed by atoms with E-state index in [-0.39, 0.29) is 0 Å². The van der Waals surface area contributed by atoms with Crippen LogP contribution in [0, 0.1) is 5.92 Å². The number of likely N-dealkylation sites (tertiary alicyclic amines) is 1. The minimum Gasteiger partial charge on any atom is -0.346 e. The minimum atomic E-state index is 0.312. The van der Waals surface area contributed by atoms with Crippen LogP contribution in [0.15, 0.2) is 0 Å². The van der Waals surface area contributed by atoms with Crippen molar-refractivity contribution in [2.24, 2.45) is 5.92 Å². The van der Waals surface area contributed by atoms with Crippen LogP contribution >= 0.6 is 0 Å². The number of nitrogens with one attached hydrogen (secondary N) is 1. The Morgan fingerprint density at radius 1 is 1.32 bits per heavy atom. The predicted molar refractivity (Wildman–Crippen MR) is 78.1 cm³/mol. The molecule has 2 fully saturated rings. The molecule has 4 nitrogen and oxygen atoms in total. The maximum absolute atomic E-state index is 12.1. The summed E-state index contributed by atoms with van der Waals surface area (Å²) in [6, 6.07) is 0.429. The molecule has 0 aromatic carbocycles. The molecular formula is C15H29N3O. The summed E-state index contributed by atoms with van der Waals surface area (Å²) in [5.41, 5.74) is 0. The number of piperidine rings is 1. The van der Waals surface area contributed by atoms with Crippen LogP contribution in [0.25, 0.3) is 0 Å². The average molecular weight is 267 g/mol. The normalized spacial score (nSPS) is 25.7. The van der Waals surface area contributed by atoms with Crippen LogP contribution in [-0.4, -0.2) is 62.0 Å². The number of hydrogen-bond acceptors (Lipinski definition) is 3. The van der Waals surface area contributed by atoms with Crippen molar-refractivity contribution < 1.29 is 4.79 Å². The molecule has 2 aliphatic rings. The molecule has 1 amide bonds.